The molecule has 134 valence electrons. The van der Waals surface area contributed by atoms with Gasteiger partial charge in [-0.2, -0.15) is 18.3 Å². The van der Waals surface area contributed by atoms with Gasteiger partial charge in [0.15, 0.2) is 5.69 Å². The largest absolute Gasteiger partial charge is 0.435 e. The molecule has 1 amide bonds. The zero-order chi connectivity index (χ0) is 18.0. The summed E-state index contributed by atoms with van der Waals surface area (Å²) in [6.07, 6.45) is -0.795. The first kappa shape index (κ1) is 17.5. The fraction of sp³-hybridized carbons (Fsp3) is 0.412. The molecule has 1 aliphatic carbocycles. The van der Waals surface area contributed by atoms with E-state index in [1.807, 2.05) is 0 Å². The van der Waals surface area contributed by atoms with E-state index < -0.39 is 11.9 Å². The maximum atomic E-state index is 12.6. The molecule has 2 unspecified atom stereocenters. The predicted octanol–water partition coefficient (Wildman–Crippen LogP) is 2.63. The van der Waals surface area contributed by atoms with E-state index >= 15 is 0 Å². The maximum Gasteiger partial charge on any atom is 0.435 e. The summed E-state index contributed by atoms with van der Waals surface area (Å²) in [5.41, 5.74) is 6.26. The van der Waals surface area contributed by atoms with E-state index in [4.69, 9.17) is 5.73 Å². The van der Waals surface area contributed by atoms with Gasteiger partial charge in [0.05, 0.1) is 5.69 Å². The highest BCUT2D eigenvalue weighted by Gasteiger charge is 2.33. The third kappa shape index (κ3) is 4.19. The van der Waals surface area contributed by atoms with Crippen LogP contribution in [-0.4, -0.2) is 21.7 Å². The summed E-state index contributed by atoms with van der Waals surface area (Å²) in [6.45, 7) is 0.373. The van der Waals surface area contributed by atoms with Crippen LogP contribution in [0.1, 0.15) is 30.5 Å². The molecule has 0 radical (unpaired) electrons. The van der Waals surface area contributed by atoms with Gasteiger partial charge in [-0.25, -0.2) is 4.68 Å². The average molecular weight is 352 g/mol. The van der Waals surface area contributed by atoms with Crippen LogP contribution in [0.25, 0.3) is 5.69 Å². The molecule has 2 aromatic rings. The van der Waals surface area contributed by atoms with Crippen LogP contribution in [0.2, 0.25) is 0 Å². The lowest BCUT2D eigenvalue weighted by atomic mass is 10.1. The first-order chi connectivity index (χ1) is 11.8. The second-order valence-corrected chi connectivity index (χ2v) is 6.30. The molecule has 1 aromatic heterocycles. The molecule has 0 spiro atoms. The van der Waals surface area contributed by atoms with Crippen LogP contribution < -0.4 is 11.1 Å². The third-order valence-electron chi connectivity index (χ3n) is 4.39. The fourth-order valence-corrected chi connectivity index (χ4v) is 2.97. The minimum absolute atomic E-state index is 0.000998. The Balaban J connectivity index is 1.59. The number of amides is 1. The van der Waals surface area contributed by atoms with Gasteiger partial charge in [0.2, 0.25) is 5.91 Å². The molecule has 1 fully saturated rings. The van der Waals surface area contributed by atoms with Gasteiger partial charge in [0.25, 0.3) is 0 Å². The van der Waals surface area contributed by atoms with E-state index in [1.165, 1.54) is 10.9 Å². The highest BCUT2D eigenvalue weighted by atomic mass is 19.4. The van der Waals surface area contributed by atoms with Crippen molar-refractivity contribution in [2.45, 2.75) is 38.0 Å². The zero-order valence-corrected chi connectivity index (χ0v) is 13.5. The summed E-state index contributed by atoms with van der Waals surface area (Å²) in [4.78, 5) is 12.1. The van der Waals surface area contributed by atoms with Crippen LogP contribution in [0.15, 0.2) is 36.5 Å². The van der Waals surface area contributed by atoms with Crippen molar-refractivity contribution in [3.8, 4) is 5.69 Å². The van der Waals surface area contributed by atoms with Gasteiger partial charge < -0.3 is 11.1 Å². The minimum atomic E-state index is -4.46. The smallest absolute Gasteiger partial charge is 0.352 e. The molecule has 0 saturated heterocycles. The van der Waals surface area contributed by atoms with Crippen molar-refractivity contribution in [2.75, 3.05) is 0 Å². The molecule has 0 bridgehead atoms. The number of carbonyl (C=O) groups is 1. The Hall–Kier alpha value is -2.35. The Morgan fingerprint density at radius 1 is 1.24 bits per heavy atom. The fourth-order valence-electron chi connectivity index (χ4n) is 2.97. The Kier molecular flexibility index (Phi) is 4.80. The lowest BCUT2D eigenvalue weighted by Crippen LogP contribution is -2.29. The molecule has 1 aliphatic rings. The first-order valence-corrected chi connectivity index (χ1v) is 8.08. The number of carbonyl (C=O) groups excluding carboxylic acids is 1. The van der Waals surface area contributed by atoms with Gasteiger partial charge in [-0.3, -0.25) is 4.79 Å². The van der Waals surface area contributed by atoms with Crippen molar-refractivity contribution in [3.63, 3.8) is 0 Å². The summed E-state index contributed by atoms with van der Waals surface area (Å²) in [5.74, 6) is -0.0296. The molecule has 3 rings (SSSR count). The standard InChI is InChI=1S/C17H19F3N4O/c18-17(19,20)15-7-8-24(23-15)14-5-1-11(2-6-14)10-22-16(25)12-3-4-13(21)9-12/h1-2,5-8,12-13H,3-4,9-10,21H2,(H,22,25). The van der Waals surface area contributed by atoms with Crippen LogP contribution >= 0.6 is 0 Å². The van der Waals surface area contributed by atoms with Gasteiger partial charge >= 0.3 is 6.18 Å². The zero-order valence-electron chi connectivity index (χ0n) is 13.5. The van der Waals surface area contributed by atoms with Crippen molar-refractivity contribution < 1.29 is 18.0 Å². The van der Waals surface area contributed by atoms with E-state index in [0.717, 1.165) is 24.5 Å². The van der Waals surface area contributed by atoms with E-state index in [1.54, 1.807) is 24.3 Å². The molecule has 1 saturated carbocycles. The Bertz CT molecular complexity index is 739. The third-order valence-corrected chi connectivity index (χ3v) is 4.39. The maximum absolute atomic E-state index is 12.6. The second-order valence-electron chi connectivity index (χ2n) is 6.30. The van der Waals surface area contributed by atoms with Crippen molar-refractivity contribution in [1.29, 1.82) is 0 Å². The van der Waals surface area contributed by atoms with Gasteiger partial charge in [-0.05, 0) is 43.0 Å². The minimum Gasteiger partial charge on any atom is -0.352 e. The number of aromatic nitrogens is 2. The number of nitrogens with two attached hydrogens (primary N) is 1. The predicted molar refractivity (Wildman–Crippen MR) is 85.7 cm³/mol. The topological polar surface area (TPSA) is 72.9 Å². The van der Waals surface area contributed by atoms with Crippen LogP contribution in [0.4, 0.5) is 13.2 Å². The quantitative estimate of drug-likeness (QED) is 0.888. The molecule has 1 heterocycles. The molecule has 25 heavy (non-hydrogen) atoms. The van der Waals surface area contributed by atoms with Crippen molar-refractivity contribution in [1.82, 2.24) is 15.1 Å². The summed E-state index contributed by atoms with van der Waals surface area (Å²) in [6, 6.07) is 7.88. The van der Waals surface area contributed by atoms with E-state index in [2.05, 4.69) is 10.4 Å². The molecule has 2 atom stereocenters. The summed E-state index contributed by atoms with van der Waals surface area (Å²) < 4.78 is 38.9. The number of rotatable bonds is 4. The van der Waals surface area contributed by atoms with Gasteiger partial charge in [-0.15, -0.1) is 0 Å². The normalized spacial score (nSPS) is 20.6. The SMILES string of the molecule is NC1CCC(C(=O)NCc2ccc(-n3ccc(C(F)(F)F)n3)cc2)C1. The average Bonchev–Trinajstić information content (AvgIpc) is 3.22. The number of alkyl halides is 3. The van der Waals surface area contributed by atoms with Crippen molar-refractivity contribution >= 4 is 5.91 Å². The van der Waals surface area contributed by atoms with Crippen LogP contribution in [0, 0.1) is 5.92 Å². The van der Waals surface area contributed by atoms with Crippen LogP contribution in [-0.2, 0) is 17.5 Å². The molecule has 5 nitrogen and oxygen atoms in total. The number of nitrogens with zero attached hydrogens (tertiary/aromatic N) is 2. The van der Waals surface area contributed by atoms with Gasteiger partial charge in [-0.1, -0.05) is 12.1 Å². The number of hydrogen-bond donors (Lipinski definition) is 2. The lowest BCUT2D eigenvalue weighted by Gasteiger charge is -2.11. The Morgan fingerprint density at radius 3 is 2.52 bits per heavy atom. The number of benzene rings is 1. The van der Waals surface area contributed by atoms with Crippen molar-refractivity contribution in [3.05, 3.63) is 47.8 Å². The molecular weight excluding hydrogens is 333 g/mol. The Labute approximate surface area is 143 Å². The van der Waals surface area contributed by atoms with Crippen molar-refractivity contribution in [2.24, 2.45) is 11.7 Å². The van der Waals surface area contributed by atoms with Gasteiger partial charge in [0, 0.05) is 24.7 Å². The summed E-state index contributed by atoms with van der Waals surface area (Å²) in [5, 5.41) is 6.40. The molecule has 8 heteroatoms. The highest BCUT2D eigenvalue weighted by Crippen LogP contribution is 2.28. The first-order valence-electron chi connectivity index (χ1n) is 8.08. The number of hydrogen-bond acceptors (Lipinski definition) is 3. The monoisotopic (exact) mass is 352 g/mol. The number of nitrogens with one attached hydrogen (secondary N) is 1. The molecule has 3 N–H and O–H groups in total. The molecular formula is C17H19F3N4O. The lowest BCUT2D eigenvalue weighted by molar-refractivity contribution is -0.141. The van der Waals surface area contributed by atoms with E-state index in [9.17, 15) is 18.0 Å². The highest BCUT2D eigenvalue weighted by molar-refractivity contribution is 5.79. The van der Waals surface area contributed by atoms with E-state index in [-0.39, 0.29) is 17.9 Å². The number of halogens is 3. The summed E-state index contributed by atoms with van der Waals surface area (Å²) >= 11 is 0. The van der Waals surface area contributed by atoms with Crippen LogP contribution in [0.5, 0.6) is 0 Å². The molecule has 0 aliphatic heterocycles. The van der Waals surface area contributed by atoms with Gasteiger partial charge in [0.1, 0.15) is 0 Å². The second kappa shape index (κ2) is 6.87. The van der Waals surface area contributed by atoms with E-state index in [0.29, 0.717) is 18.7 Å². The van der Waals surface area contributed by atoms with Crippen LogP contribution in [0.3, 0.4) is 0 Å². The molecule has 1 aromatic carbocycles. The Morgan fingerprint density at radius 2 is 1.96 bits per heavy atom. The summed E-state index contributed by atoms with van der Waals surface area (Å²) in [7, 11) is 0.